The van der Waals surface area contributed by atoms with Gasteiger partial charge in [-0.2, -0.15) is 5.10 Å². The highest BCUT2D eigenvalue weighted by molar-refractivity contribution is 6.23. The molecule has 3 heterocycles. The lowest BCUT2D eigenvalue weighted by atomic mass is 9.80. The number of aromatic nitrogens is 2. The average molecular weight is 538 g/mol. The number of nitrogens with zero attached hydrogens (tertiary/aromatic N) is 3. The molecule has 2 saturated carbocycles. The Hall–Kier alpha value is -4.27. The van der Waals surface area contributed by atoms with Crippen molar-refractivity contribution in [1.29, 1.82) is 0 Å². The quantitative estimate of drug-likeness (QED) is 0.423. The van der Waals surface area contributed by atoms with Crippen molar-refractivity contribution in [3.63, 3.8) is 0 Å². The molecule has 0 radical (unpaired) electrons. The van der Waals surface area contributed by atoms with Crippen molar-refractivity contribution in [3.05, 3.63) is 82.7 Å². The first-order valence-electron chi connectivity index (χ1n) is 14.2. The lowest BCUT2D eigenvalue weighted by Crippen LogP contribution is -2.54. The Kier molecular flexibility index (Phi) is 6.02. The van der Waals surface area contributed by atoms with Crippen LogP contribution in [0.1, 0.15) is 88.0 Å². The first kappa shape index (κ1) is 24.7. The molecule has 1 aromatic heterocycles. The van der Waals surface area contributed by atoms with Gasteiger partial charge in [0.2, 0.25) is 11.8 Å². The van der Waals surface area contributed by atoms with Gasteiger partial charge < -0.3 is 5.32 Å². The Bertz CT molecular complexity index is 1520. The highest BCUT2D eigenvalue weighted by atomic mass is 16.2. The molecular weight excluding hydrogens is 506 g/mol. The van der Waals surface area contributed by atoms with E-state index in [-0.39, 0.29) is 18.7 Å². The summed E-state index contributed by atoms with van der Waals surface area (Å²) in [6.07, 6.45) is 7.97. The number of carbonyl (C=O) groups is 4. The molecular formula is C31H31N5O4. The van der Waals surface area contributed by atoms with Crippen molar-refractivity contribution in [3.8, 4) is 0 Å². The number of piperidine rings is 1. The summed E-state index contributed by atoms with van der Waals surface area (Å²) in [6.45, 7) is 0.766. The molecule has 1 saturated heterocycles. The maximum Gasteiger partial charge on any atom is 0.262 e. The number of nitrogens with one attached hydrogen (secondary N) is 2. The van der Waals surface area contributed by atoms with Gasteiger partial charge in [0.15, 0.2) is 0 Å². The second-order valence-electron chi connectivity index (χ2n) is 11.5. The van der Waals surface area contributed by atoms with E-state index >= 15 is 0 Å². The molecule has 4 amide bonds. The fraction of sp³-hybridized carbons (Fsp3) is 0.387. The molecule has 40 heavy (non-hydrogen) atoms. The SMILES string of the molecule is O=C1CCC(N2C(=O)c3ccc(NCC4CC(n5cc(Cc6ccccc6)c(C6CC6)n5)C4)cc3C2=O)C(=O)N1. The van der Waals surface area contributed by atoms with Crippen LogP contribution in [0.5, 0.6) is 0 Å². The molecule has 9 nitrogen and oxygen atoms in total. The van der Waals surface area contributed by atoms with Crippen LogP contribution < -0.4 is 10.6 Å². The molecule has 3 aromatic rings. The van der Waals surface area contributed by atoms with E-state index in [0.29, 0.717) is 29.0 Å². The van der Waals surface area contributed by atoms with Crippen molar-refractivity contribution >= 4 is 29.3 Å². The van der Waals surface area contributed by atoms with E-state index in [1.165, 1.54) is 29.7 Å². The van der Waals surface area contributed by atoms with Crippen molar-refractivity contribution in [2.45, 2.75) is 62.9 Å². The number of fused-ring (bicyclic) bond motifs is 1. The maximum absolute atomic E-state index is 13.1. The zero-order valence-electron chi connectivity index (χ0n) is 22.1. The molecule has 7 rings (SSSR count). The van der Waals surface area contributed by atoms with Crippen molar-refractivity contribution < 1.29 is 19.2 Å². The fourth-order valence-corrected chi connectivity index (χ4v) is 6.21. The topological polar surface area (TPSA) is 113 Å². The van der Waals surface area contributed by atoms with Crippen LogP contribution in [0.25, 0.3) is 0 Å². The number of imide groups is 2. The maximum atomic E-state index is 13.1. The van der Waals surface area contributed by atoms with Gasteiger partial charge in [-0.3, -0.25) is 34.1 Å². The van der Waals surface area contributed by atoms with E-state index in [1.807, 2.05) is 6.07 Å². The van der Waals surface area contributed by atoms with E-state index < -0.39 is 23.8 Å². The van der Waals surface area contributed by atoms with Gasteiger partial charge in [0.1, 0.15) is 6.04 Å². The molecule has 1 unspecified atom stereocenters. The number of hydrogen-bond donors (Lipinski definition) is 2. The standard InChI is InChI=1S/C31H31N5O4/c37-27-11-10-26(29(38)33-27)36-30(39)24-9-8-22(15-25(24)31(36)40)32-16-19-13-23(14-19)35-17-21(28(34-35)20-6-7-20)12-18-4-2-1-3-5-18/h1-5,8-9,15,17,19-20,23,26,32H,6-7,10-14,16H2,(H,33,37,38). The molecule has 2 aromatic carbocycles. The molecule has 9 heteroatoms. The minimum Gasteiger partial charge on any atom is -0.385 e. The summed E-state index contributed by atoms with van der Waals surface area (Å²) in [6, 6.07) is 15.2. The molecule has 2 aliphatic carbocycles. The Morgan fingerprint density at radius 2 is 1.70 bits per heavy atom. The minimum absolute atomic E-state index is 0.105. The lowest BCUT2D eigenvalue weighted by molar-refractivity contribution is -0.136. The molecule has 1 atom stereocenters. The Morgan fingerprint density at radius 3 is 2.45 bits per heavy atom. The second kappa shape index (κ2) is 9.73. The van der Waals surface area contributed by atoms with Crippen LogP contribution in [-0.2, 0) is 16.0 Å². The van der Waals surface area contributed by atoms with Crippen molar-refractivity contribution in [2.75, 3.05) is 11.9 Å². The van der Waals surface area contributed by atoms with Crippen LogP contribution in [0.4, 0.5) is 5.69 Å². The zero-order valence-corrected chi connectivity index (χ0v) is 22.1. The molecule has 0 spiro atoms. The number of hydrogen-bond acceptors (Lipinski definition) is 6. The van der Waals surface area contributed by atoms with Crippen LogP contribution in [0, 0.1) is 5.92 Å². The van der Waals surface area contributed by atoms with E-state index in [4.69, 9.17) is 5.10 Å². The van der Waals surface area contributed by atoms with Gasteiger partial charge in [-0.15, -0.1) is 0 Å². The zero-order chi connectivity index (χ0) is 27.4. The summed E-state index contributed by atoms with van der Waals surface area (Å²) >= 11 is 0. The predicted molar refractivity (Wildman–Crippen MR) is 147 cm³/mol. The highest BCUT2D eigenvalue weighted by Crippen LogP contribution is 2.44. The van der Waals surface area contributed by atoms with E-state index in [1.54, 1.807) is 18.2 Å². The van der Waals surface area contributed by atoms with Crippen LogP contribution in [0.3, 0.4) is 0 Å². The summed E-state index contributed by atoms with van der Waals surface area (Å²) in [5, 5.41) is 10.7. The summed E-state index contributed by atoms with van der Waals surface area (Å²) in [4.78, 5) is 50.8. The molecule has 2 N–H and O–H groups in total. The average Bonchev–Trinajstić information content (AvgIpc) is 3.64. The first-order chi connectivity index (χ1) is 19.4. The third kappa shape index (κ3) is 4.49. The van der Waals surface area contributed by atoms with Gasteiger partial charge in [-0.1, -0.05) is 30.3 Å². The van der Waals surface area contributed by atoms with Gasteiger partial charge in [-0.05, 0) is 67.3 Å². The monoisotopic (exact) mass is 537 g/mol. The minimum atomic E-state index is -0.954. The van der Waals surface area contributed by atoms with E-state index in [9.17, 15) is 19.2 Å². The molecule has 204 valence electrons. The Balaban J connectivity index is 0.969. The highest BCUT2D eigenvalue weighted by Gasteiger charge is 2.44. The number of amides is 4. The van der Waals surface area contributed by atoms with Crippen LogP contribution in [0.15, 0.2) is 54.7 Å². The molecule has 0 bridgehead atoms. The summed E-state index contributed by atoms with van der Waals surface area (Å²) < 4.78 is 2.19. The molecule has 3 fully saturated rings. The normalized spacial score (nSPS) is 24.1. The van der Waals surface area contributed by atoms with Gasteiger partial charge >= 0.3 is 0 Å². The molecule has 2 aliphatic heterocycles. The van der Waals surface area contributed by atoms with Crippen LogP contribution >= 0.6 is 0 Å². The van der Waals surface area contributed by atoms with Crippen LogP contribution in [-0.4, -0.2) is 50.9 Å². The lowest BCUT2D eigenvalue weighted by Gasteiger charge is -2.35. The number of carbonyl (C=O) groups excluding carboxylic acids is 4. The predicted octanol–water partition coefficient (Wildman–Crippen LogP) is 3.82. The van der Waals surface area contributed by atoms with Gasteiger partial charge in [0.25, 0.3) is 11.8 Å². The number of benzene rings is 2. The van der Waals surface area contributed by atoms with Gasteiger partial charge in [0.05, 0.1) is 22.9 Å². The van der Waals surface area contributed by atoms with Crippen molar-refractivity contribution in [2.24, 2.45) is 5.92 Å². The molecule has 4 aliphatic rings. The summed E-state index contributed by atoms with van der Waals surface area (Å²) in [5.74, 6) is -0.861. The Labute approximate surface area is 231 Å². The van der Waals surface area contributed by atoms with Gasteiger partial charge in [0, 0.05) is 37.2 Å². The summed E-state index contributed by atoms with van der Waals surface area (Å²) in [7, 11) is 0. The third-order valence-electron chi connectivity index (χ3n) is 8.66. The summed E-state index contributed by atoms with van der Waals surface area (Å²) in [5.41, 5.74) is 5.29. The smallest absolute Gasteiger partial charge is 0.262 e. The van der Waals surface area contributed by atoms with E-state index in [0.717, 1.165) is 36.4 Å². The van der Waals surface area contributed by atoms with Crippen LogP contribution in [0.2, 0.25) is 0 Å². The second-order valence-corrected chi connectivity index (χ2v) is 11.5. The van der Waals surface area contributed by atoms with Crippen molar-refractivity contribution in [1.82, 2.24) is 20.0 Å². The third-order valence-corrected chi connectivity index (χ3v) is 8.66. The largest absolute Gasteiger partial charge is 0.385 e. The first-order valence-corrected chi connectivity index (χ1v) is 14.2. The number of anilines is 1. The Morgan fingerprint density at radius 1 is 0.925 bits per heavy atom. The number of rotatable bonds is 8. The van der Waals surface area contributed by atoms with E-state index in [2.05, 4.69) is 45.8 Å². The fourth-order valence-electron chi connectivity index (χ4n) is 6.21. The van der Waals surface area contributed by atoms with Gasteiger partial charge in [-0.25, -0.2) is 0 Å².